The second kappa shape index (κ2) is 9.15. The van der Waals surface area contributed by atoms with Gasteiger partial charge in [0.15, 0.2) is 0 Å². The number of hydrogen-bond acceptors (Lipinski definition) is 5. The second-order valence-electron chi connectivity index (χ2n) is 7.40. The molecule has 0 saturated heterocycles. The highest BCUT2D eigenvalue weighted by molar-refractivity contribution is 7.89. The molecule has 3 rings (SSSR count). The third-order valence-electron chi connectivity index (χ3n) is 5.27. The molecule has 0 radical (unpaired) electrons. The summed E-state index contributed by atoms with van der Waals surface area (Å²) in [5, 5.41) is 17.8. The van der Waals surface area contributed by atoms with Gasteiger partial charge in [-0.2, -0.15) is 4.31 Å². The fraction of sp³-hybridized carbons (Fsp3) is 0.421. The number of pyridine rings is 1. The number of anilines is 1. The van der Waals surface area contributed by atoms with Gasteiger partial charge in [-0.1, -0.05) is 25.3 Å². The predicted octanol–water partition coefficient (Wildman–Crippen LogP) is 2.74. The fourth-order valence-corrected chi connectivity index (χ4v) is 5.43. The Hall–Kier alpha value is -2.43. The first kappa shape index (κ1) is 22.3. The number of carboxylic acid groups (broad SMARTS) is 1. The van der Waals surface area contributed by atoms with Crippen molar-refractivity contribution in [2.75, 3.05) is 17.5 Å². The Morgan fingerprint density at radius 1 is 1.27 bits per heavy atom. The summed E-state index contributed by atoms with van der Waals surface area (Å²) >= 11 is 6.02. The van der Waals surface area contributed by atoms with Gasteiger partial charge in [0, 0.05) is 35.3 Å². The van der Waals surface area contributed by atoms with Crippen LogP contribution in [-0.4, -0.2) is 47.8 Å². The van der Waals surface area contributed by atoms with Crippen LogP contribution in [0.3, 0.4) is 0 Å². The highest BCUT2D eigenvalue weighted by atomic mass is 35.5. The maximum Gasteiger partial charge on any atom is 0.318 e. The molecule has 1 aliphatic carbocycles. The van der Waals surface area contributed by atoms with E-state index in [4.69, 9.17) is 22.9 Å². The first-order chi connectivity index (χ1) is 14.2. The number of aromatic nitrogens is 1. The lowest BCUT2D eigenvalue weighted by molar-refractivity contribution is -0.137. The summed E-state index contributed by atoms with van der Waals surface area (Å²) in [5.74, 6) is -1.44. The predicted molar refractivity (Wildman–Crippen MR) is 115 cm³/mol. The number of carboxylic acids is 1. The zero-order chi connectivity index (χ0) is 21.9. The molecule has 1 aliphatic rings. The van der Waals surface area contributed by atoms with Crippen LogP contribution in [0, 0.1) is 11.3 Å². The molecule has 0 spiro atoms. The minimum Gasteiger partial charge on any atom is -0.480 e. The van der Waals surface area contributed by atoms with Crippen LogP contribution in [0.4, 0.5) is 5.69 Å². The molecule has 1 heterocycles. The molecular formula is C19H24ClN5O4S. The number of nitrogens with two attached hydrogens (primary N) is 1. The SMILES string of the molecule is N=C(N)N(Cl)c1cncc2cc(S(=O)(=O)N(CC(=O)O)CC3CCCCC3)ccc12. The molecular weight excluding hydrogens is 430 g/mol. The zero-order valence-corrected chi connectivity index (χ0v) is 17.9. The second-order valence-corrected chi connectivity index (χ2v) is 9.68. The number of halogens is 1. The molecule has 1 aromatic heterocycles. The van der Waals surface area contributed by atoms with E-state index in [0.717, 1.165) is 40.8 Å². The van der Waals surface area contributed by atoms with E-state index < -0.39 is 28.5 Å². The van der Waals surface area contributed by atoms with Gasteiger partial charge in [-0.05, 0) is 30.9 Å². The molecule has 0 amide bonds. The van der Waals surface area contributed by atoms with Crippen LogP contribution < -0.4 is 10.2 Å². The highest BCUT2D eigenvalue weighted by Gasteiger charge is 2.30. The molecule has 162 valence electrons. The quantitative estimate of drug-likeness (QED) is 0.332. The van der Waals surface area contributed by atoms with Crippen molar-refractivity contribution in [3.63, 3.8) is 0 Å². The Balaban J connectivity index is 1.97. The normalized spacial score (nSPS) is 15.4. The fourth-order valence-electron chi connectivity index (χ4n) is 3.79. The molecule has 0 bridgehead atoms. The Morgan fingerprint density at radius 2 is 1.97 bits per heavy atom. The topological polar surface area (TPSA) is 141 Å². The number of guanidine groups is 1. The van der Waals surface area contributed by atoms with Crippen molar-refractivity contribution in [1.29, 1.82) is 5.41 Å². The Bertz CT molecular complexity index is 1060. The largest absolute Gasteiger partial charge is 0.480 e. The number of hydrogen-bond donors (Lipinski definition) is 3. The summed E-state index contributed by atoms with van der Waals surface area (Å²) < 4.78 is 28.5. The summed E-state index contributed by atoms with van der Waals surface area (Å²) in [6, 6.07) is 4.39. The summed E-state index contributed by atoms with van der Waals surface area (Å²) in [6.07, 6.45) is 7.87. The van der Waals surface area contributed by atoms with Crippen molar-refractivity contribution in [3.8, 4) is 0 Å². The molecule has 1 aromatic carbocycles. The van der Waals surface area contributed by atoms with Crippen LogP contribution >= 0.6 is 11.8 Å². The summed E-state index contributed by atoms with van der Waals surface area (Å²) in [7, 11) is -4.03. The van der Waals surface area contributed by atoms with E-state index in [-0.39, 0.29) is 17.4 Å². The van der Waals surface area contributed by atoms with E-state index in [2.05, 4.69) is 4.98 Å². The third kappa shape index (κ3) is 4.82. The molecule has 2 aromatic rings. The van der Waals surface area contributed by atoms with Crippen LogP contribution in [-0.2, 0) is 14.8 Å². The average Bonchev–Trinajstić information content (AvgIpc) is 2.72. The zero-order valence-electron chi connectivity index (χ0n) is 16.3. The van der Waals surface area contributed by atoms with Crippen molar-refractivity contribution in [2.24, 2.45) is 11.7 Å². The van der Waals surface area contributed by atoms with Crippen molar-refractivity contribution in [1.82, 2.24) is 9.29 Å². The van der Waals surface area contributed by atoms with Gasteiger partial charge in [-0.25, -0.2) is 12.8 Å². The monoisotopic (exact) mass is 453 g/mol. The summed E-state index contributed by atoms with van der Waals surface area (Å²) in [4.78, 5) is 15.4. The summed E-state index contributed by atoms with van der Waals surface area (Å²) in [5.41, 5.74) is 5.77. The van der Waals surface area contributed by atoms with Gasteiger partial charge in [-0.3, -0.25) is 15.2 Å². The van der Waals surface area contributed by atoms with Crippen LogP contribution in [0.2, 0.25) is 0 Å². The van der Waals surface area contributed by atoms with Crippen molar-refractivity contribution in [3.05, 3.63) is 30.6 Å². The van der Waals surface area contributed by atoms with E-state index in [1.165, 1.54) is 24.5 Å². The minimum atomic E-state index is -4.03. The van der Waals surface area contributed by atoms with Crippen molar-refractivity contribution in [2.45, 2.75) is 37.0 Å². The van der Waals surface area contributed by atoms with E-state index in [1.807, 2.05) is 0 Å². The average molecular weight is 454 g/mol. The molecule has 30 heavy (non-hydrogen) atoms. The van der Waals surface area contributed by atoms with Gasteiger partial charge in [-0.15, -0.1) is 0 Å². The van der Waals surface area contributed by atoms with E-state index >= 15 is 0 Å². The van der Waals surface area contributed by atoms with Crippen LogP contribution in [0.25, 0.3) is 10.8 Å². The standard InChI is InChI=1S/C19H24ClN5O4S/c20-25(19(21)22)17-10-23-9-14-8-15(6-7-16(14)17)30(28,29)24(12-18(26)27)11-13-4-2-1-3-5-13/h6-10,13H,1-5,11-12H2,(H3,21,22)(H,26,27). The van der Waals surface area contributed by atoms with Gasteiger partial charge in [0.25, 0.3) is 0 Å². The maximum atomic E-state index is 13.3. The maximum absolute atomic E-state index is 13.3. The lowest BCUT2D eigenvalue weighted by Crippen LogP contribution is -2.39. The number of carbonyl (C=O) groups is 1. The number of nitrogens with one attached hydrogen (secondary N) is 1. The minimum absolute atomic E-state index is 0.0186. The van der Waals surface area contributed by atoms with Crippen molar-refractivity contribution < 1.29 is 18.3 Å². The number of sulfonamides is 1. The third-order valence-corrected chi connectivity index (χ3v) is 7.44. The van der Waals surface area contributed by atoms with Gasteiger partial charge >= 0.3 is 5.97 Å². The Morgan fingerprint density at radius 3 is 2.60 bits per heavy atom. The lowest BCUT2D eigenvalue weighted by Gasteiger charge is -2.28. The molecule has 11 heteroatoms. The molecule has 1 fully saturated rings. The van der Waals surface area contributed by atoms with Gasteiger partial charge in [0.1, 0.15) is 6.54 Å². The van der Waals surface area contributed by atoms with Crippen LogP contribution in [0.5, 0.6) is 0 Å². The molecule has 4 N–H and O–H groups in total. The first-order valence-corrected chi connectivity index (χ1v) is 11.4. The molecule has 0 aliphatic heterocycles. The molecule has 0 atom stereocenters. The van der Waals surface area contributed by atoms with Gasteiger partial charge in [0.2, 0.25) is 16.0 Å². The van der Waals surface area contributed by atoms with Crippen LogP contribution in [0.1, 0.15) is 32.1 Å². The molecule has 1 saturated carbocycles. The van der Waals surface area contributed by atoms with E-state index in [1.54, 1.807) is 6.07 Å². The lowest BCUT2D eigenvalue weighted by atomic mass is 9.89. The number of benzene rings is 1. The number of nitrogens with zero attached hydrogens (tertiary/aromatic N) is 3. The van der Waals surface area contributed by atoms with Gasteiger partial charge < -0.3 is 10.8 Å². The highest BCUT2D eigenvalue weighted by Crippen LogP contribution is 2.31. The molecule has 9 nitrogen and oxygen atoms in total. The Kier molecular flexibility index (Phi) is 6.79. The Labute approximate surface area is 180 Å². The van der Waals surface area contributed by atoms with E-state index in [9.17, 15) is 18.3 Å². The van der Waals surface area contributed by atoms with E-state index in [0.29, 0.717) is 16.5 Å². The van der Waals surface area contributed by atoms with Gasteiger partial charge in [0.05, 0.1) is 16.8 Å². The number of rotatable bonds is 7. The smallest absolute Gasteiger partial charge is 0.318 e. The number of fused-ring (bicyclic) bond motifs is 1. The van der Waals surface area contributed by atoms with Crippen LogP contribution in [0.15, 0.2) is 35.5 Å². The first-order valence-electron chi connectivity index (χ1n) is 9.60. The molecule has 0 unspecified atom stereocenters. The van der Waals surface area contributed by atoms with Crippen molar-refractivity contribution >= 4 is 50.2 Å². The number of aliphatic carboxylic acids is 1. The summed E-state index contributed by atoms with van der Waals surface area (Å²) in [6.45, 7) is -0.403.